The summed E-state index contributed by atoms with van der Waals surface area (Å²) in [7, 11) is 1.61. The van der Waals surface area contributed by atoms with Gasteiger partial charge < -0.3 is 20.3 Å². The molecule has 0 unspecified atom stereocenters. The average molecular weight is 336 g/mol. The molecule has 0 saturated heterocycles. The van der Waals surface area contributed by atoms with Crippen molar-refractivity contribution in [2.45, 2.75) is 26.5 Å². The van der Waals surface area contributed by atoms with E-state index in [-0.39, 0.29) is 6.61 Å². The quantitative estimate of drug-likeness (QED) is 0.847. The number of hydrogen-bond donors (Lipinski definition) is 2. The van der Waals surface area contributed by atoms with Gasteiger partial charge in [0, 0.05) is 10.6 Å². The minimum Gasteiger partial charge on any atom is -0.496 e. The number of aryl methyl sites for hydroxylation is 2. The summed E-state index contributed by atoms with van der Waals surface area (Å²) in [6.07, 6.45) is 0. The molecule has 0 fully saturated rings. The molecule has 0 spiro atoms. The monoisotopic (exact) mass is 335 g/mol. The Hall–Kier alpha value is -1.75. The predicted molar refractivity (Wildman–Crippen MR) is 92.3 cm³/mol. The van der Waals surface area contributed by atoms with E-state index in [4.69, 9.17) is 26.8 Å². The van der Waals surface area contributed by atoms with E-state index in [1.807, 2.05) is 44.2 Å². The Morgan fingerprint density at radius 1 is 1.17 bits per heavy atom. The van der Waals surface area contributed by atoms with E-state index in [1.165, 1.54) is 0 Å². The Morgan fingerprint density at radius 2 is 1.83 bits per heavy atom. The van der Waals surface area contributed by atoms with E-state index in [0.29, 0.717) is 6.61 Å². The second kappa shape index (κ2) is 7.68. The van der Waals surface area contributed by atoms with Gasteiger partial charge in [0.1, 0.15) is 18.1 Å². The molecule has 5 heteroatoms. The lowest BCUT2D eigenvalue weighted by atomic mass is 10.0. The average Bonchev–Trinajstić information content (AvgIpc) is 2.56. The van der Waals surface area contributed by atoms with Gasteiger partial charge in [0.25, 0.3) is 0 Å². The second-order valence-corrected chi connectivity index (χ2v) is 5.90. The minimum absolute atomic E-state index is 0.109. The first-order valence-electron chi connectivity index (χ1n) is 7.39. The fourth-order valence-electron chi connectivity index (χ4n) is 2.40. The molecule has 2 rings (SSSR count). The highest BCUT2D eigenvalue weighted by Gasteiger charge is 2.11. The van der Waals surface area contributed by atoms with Crippen LogP contribution in [0, 0.1) is 13.8 Å². The van der Waals surface area contributed by atoms with Crippen LogP contribution in [0.2, 0.25) is 5.02 Å². The normalized spacial score (nSPS) is 12.1. The van der Waals surface area contributed by atoms with E-state index in [1.54, 1.807) is 7.11 Å². The SMILES string of the molecule is COc1ccc([C@@H](N)CO)cc1COc1cc(C)c(Cl)c(C)c1. The van der Waals surface area contributed by atoms with Gasteiger partial charge in [0.05, 0.1) is 19.8 Å². The molecule has 0 heterocycles. The summed E-state index contributed by atoms with van der Waals surface area (Å²) in [4.78, 5) is 0. The van der Waals surface area contributed by atoms with Crippen molar-refractivity contribution >= 4 is 11.6 Å². The number of halogens is 1. The Labute approximate surface area is 141 Å². The standard InChI is InChI=1S/C18H22ClNO3/c1-11-6-15(7-12(2)18(11)19)23-10-14-8-13(16(20)9-21)4-5-17(14)22-3/h4-8,16,21H,9-10,20H2,1-3H3/t16-/m0/s1. The lowest BCUT2D eigenvalue weighted by molar-refractivity contribution is 0.267. The van der Waals surface area contributed by atoms with E-state index >= 15 is 0 Å². The van der Waals surface area contributed by atoms with Gasteiger partial charge in [-0.3, -0.25) is 0 Å². The van der Waals surface area contributed by atoms with E-state index in [9.17, 15) is 5.11 Å². The molecule has 0 bridgehead atoms. The predicted octanol–water partition coefficient (Wildman–Crippen LogP) is 3.54. The molecule has 0 aliphatic carbocycles. The fraction of sp³-hybridized carbons (Fsp3) is 0.333. The fourth-order valence-corrected chi connectivity index (χ4v) is 2.51. The lowest BCUT2D eigenvalue weighted by Crippen LogP contribution is -2.15. The Balaban J connectivity index is 2.22. The van der Waals surface area contributed by atoms with Gasteiger partial charge in [-0.1, -0.05) is 17.7 Å². The molecule has 0 amide bonds. The molecule has 2 aromatic carbocycles. The van der Waals surface area contributed by atoms with Gasteiger partial charge in [0.2, 0.25) is 0 Å². The smallest absolute Gasteiger partial charge is 0.125 e. The summed E-state index contributed by atoms with van der Waals surface area (Å²) >= 11 is 6.17. The molecule has 3 N–H and O–H groups in total. The Kier molecular flexibility index (Phi) is 5.88. The third-order valence-electron chi connectivity index (χ3n) is 3.73. The zero-order valence-electron chi connectivity index (χ0n) is 13.6. The third kappa shape index (κ3) is 4.16. The molecule has 124 valence electrons. The lowest BCUT2D eigenvalue weighted by Gasteiger charge is -2.15. The Bertz CT molecular complexity index is 665. The maximum atomic E-state index is 9.20. The molecular formula is C18H22ClNO3. The number of hydrogen-bond acceptors (Lipinski definition) is 4. The molecule has 0 aromatic heterocycles. The van der Waals surface area contributed by atoms with Crippen LogP contribution in [0.4, 0.5) is 0 Å². The van der Waals surface area contributed by atoms with Crippen molar-refractivity contribution in [2.75, 3.05) is 13.7 Å². The Morgan fingerprint density at radius 3 is 2.39 bits per heavy atom. The summed E-state index contributed by atoms with van der Waals surface area (Å²) < 4.78 is 11.2. The summed E-state index contributed by atoms with van der Waals surface area (Å²) in [5, 5.41) is 9.96. The number of benzene rings is 2. The summed E-state index contributed by atoms with van der Waals surface area (Å²) in [6, 6.07) is 8.98. The first-order chi connectivity index (χ1) is 11.0. The van der Waals surface area contributed by atoms with E-state index in [0.717, 1.165) is 38.8 Å². The maximum absolute atomic E-state index is 9.20. The van der Waals surface area contributed by atoms with Crippen molar-refractivity contribution in [3.8, 4) is 11.5 Å². The van der Waals surface area contributed by atoms with Crippen molar-refractivity contribution in [3.63, 3.8) is 0 Å². The van der Waals surface area contributed by atoms with Crippen molar-refractivity contribution in [1.82, 2.24) is 0 Å². The van der Waals surface area contributed by atoms with Gasteiger partial charge in [-0.05, 0) is 54.8 Å². The molecule has 0 aliphatic rings. The number of ether oxygens (including phenoxy) is 2. The van der Waals surface area contributed by atoms with Gasteiger partial charge in [-0.15, -0.1) is 0 Å². The molecule has 23 heavy (non-hydrogen) atoms. The van der Waals surface area contributed by atoms with E-state index < -0.39 is 6.04 Å². The number of aliphatic hydroxyl groups is 1. The van der Waals surface area contributed by atoms with Crippen molar-refractivity contribution in [2.24, 2.45) is 5.73 Å². The highest BCUT2D eigenvalue weighted by molar-refractivity contribution is 6.32. The third-order valence-corrected chi connectivity index (χ3v) is 4.33. The van der Waals surface area contributed by atoms with Crippen LogP contribution < -0.4 is 15.2 Å². The van der Waals surface area contributed by atoms with Crippen molar-refractivity contribution < 1.29 is 14.6 Å². The molecule has 0 aliphatic heterocycles. The van der Waals surface area contributed by atoms with Crippen LogP contribution in [0.15, 0.2) is 30.3 Å². The number of nitrogens with two attached hydrogens (primary N) is 1. The zero-order valence-corrected chi connectivity index (χ0v) is 14.4. The molecular weight excluding hydrogens is 314 g/mol. The summed E-state index contributed by atoms with van der Waals surface area (Å²) in [5.74, 6) is 1.48. The van der Waals surface area contributed by atoms with Crippen LogP contribution in [-0.2, 0) is 6.61 Å². The number of methoxy groups -OCH3 is 1. The molecule has 4 nitrogen and oxygen atoms in total. The summed E-state index contributed by atoms with van der Waals surface area (Å²) in [5.41, 5.74) is 9.54. The summed E-state index contributed by atoms with van der Waals surface area (Å²) in [6.45, 7) is 4.13. The van der Waals surface area contributed by atoms with Crippen LogP contribution in [0.5, 0.6) is 11.5 Å². The van der Waals surface area contributed by atoms with Gasteiger partial charge in [-0.2, -0.15) is 0 Å². The van der Waals surface area contributed by atoms with Crippen molar-refractivity contribution in [1.29, 1.82) is 0 Å². The van der Waals surface area contributed by atoms with Crippen LogP contribution >= 0.6 is 11.6 Å². The first kappa shape index (κ1) is 17.6. The van der Waals surface area contributed by atoms with Gasteiger partial charge in [-0.25, -0.2) is 0 Å². The van der Waals surface area contributed by atoms with Crippen LogP contribution in [0.3, 0.4) is 0 Å². The van der Waals surface area contributed by atoms with Crippen LogP contribution in [0.25, 0.3) is 0 Å². The number of rotatable bonds is 6. The topological polar surface area (TPSA) is 64.7 Å². The van der Waals surface area contributed by atoms with Crippen molar-refractivity contribution in [3.05, 3.63) is 57.6 Å². The largest absolute Gasteiger partial charge is 0.496 e. The molecule has 2 aromatic rings. The molecule has 0 radical (unpaired) electrons. The van der Waals surface area contributed by atoms with Gasteiger partial charge in [0.15, 0.2) is 0 Å². The number of aliphatic hydroxyl groups excluding tert-OH is 1. The van der Waals surface area contributed by atoms with Crippen LogP contribution in [0.1, 0.15) is 28.3 Å². The van der Waals surface area contributed by atoms with E-state index in [2.05, 4.69) is 0 Å². The maximum Gasteiger partial charge on any atom is 0.125 e. The first-order valence-corrected chi connectivity index (χ1v) is 7.76. The van der Waals surface area contributed by atoms with Gasteiger partial charge >= 0.3 is 0 Å². The minimum atomic E-state index is -0.417. The van der Waals surface area contributed by atoms with Crippen LogP contribution in [-0.4, -0.2) is 18.8 Å². The molecule has 0 saturated carbocycles. The highest BCUT2D eigenvalue weighted by atomic mass is 35.5. The highest BCUT2D eigenvalue weighted by Crippen LogP contribution is 2.28. The second-order valence-electron chi connectivity index (χ2n) is 5.52. The zero-order chi connectivity index (χ0) is 17.0. The molecule has 1 atom stereocenters.